The zero-order valence-electron chi connectivity index (χ0n) is 13.1. The quantitative estimate of drug-likeness (QED) is 0.743. The number of amides is 1. The molecule has 1 aromatic heterocycles. The molecule has 3 aromatic rings. The van der Waals surface area contributed by atoms with Crippen LogP contribution in [-0.4, -0.2) is 20.0 Å². The summed E-state index contributed by atoms with van der Waals surface area (Å²) in [6, 6.07) is 20.5. The Balaban J connectivity index is 1.99. The normalized spacial score (nSPS) is 10.3. The maximum atomic E-state index is 12.1. The Hall–Kier alpha value is -2.59. The van der Waals surface area contributed by atoms with Crippen LogP contribution in [0.15, 0.2) is 60.7 Å². The molecule has 0 saturated heterocycles. The van der Waals surface area contributed by atoms with Crippen molar-refractivity contribution in [3.8, 4) is 20.9 Å². The highest BCUT2D eigenvalue weighted by molar-refractivity contribution is 7.18. The summed E-state index contributed by atoms with van der Waals surface area (Å²) < 4.78 is 0. The number of hydrogen-bond acceptors (Lipinski definition) is 3. The van der Waals surface area contributed by atoms with E-state index in [1.54, 1.807) is 18.4 Å². The van der Waals surface area contributed by atoms with E-state index in [2.05, 4.69) is 34.9 Å². The first-order valence-electron chi connectivity index (χ1n) is 7.42. The summed E-state index contributed by atoms with van der Waals surface area (Å²) >= 11 is 1.73. The summed E-state index contributed by atoms with van der Waals surface area (Å²) in [5, 5.41) is 5.75. The van der Waals surface area contributed by atoms with E-state index in [1.807, 2.05) is 43.4 Å². The predicted octanol–water partition coefficient (Wildman–Crippen LogP) is 4.48. The Bertz CT molecular complexity index is 824. The molecule has 1 amide bonds. The monoisotopic (exact) mass is 322 g/mol. The van der Waals surface area contributed by atoms with Crippen molar-refractivity contribution in [3.05, 3.63) is 66.2 Å². The van der Waals surface area contributed by atoms with Crippen molar-refractivity contribution in [1.82, 2.24) is 5.32 Å². The van der Waals surface area contributed by atoms with Gasteiger partial charge in [-0.15, -0.1) is 11.3 Å². The van der Waals surface area contributed by atoms with Gasteiger partial charge in [0.1, 0.15) is 0 Å². The second kappa shape index (κ2) is 6.67. The van der Waals surface area contributed by atoms with Crippen molar-refractivity contribution < 1.29 is 4.79 Å². The Morgan fingerprint density at radius 1 is 0.870 bits per heavy atom. The third-order valence-electron chi connectivity index (χ3n) is 3.71. The fourth-order valence-corrected chi connectivity index (χ4v) is 3.50. The van der Waals surface area contributed by atoms with Gasteiger partial charge in [0, 0.05) is 29.5 Å². The highest BCUT2D eigenvalue weighted by Gasteiger charge is 2.12. The first-order valence-corrected chi connectivity index (χ1v) is 8.24. The number of thiophene rings is 1. The fraction of sp³-hybridized carbons (Fsp3) is 0.105. The van der Waals surface area contributed by atoms with E-state index < -0.39 is 0 Å². The molecule has 0 bridgehead atoms. The van der Waals surface area contributed by atoms with Crippen molar-refractivity contribution in [2.75, 3.05) is 19.4 Å². The number of rotatable bonds is 4. The van der Waals surface area contributed by atoms with Gasteiger partial charge in [-0.3, -0.25) is 4.79 Å². The Morgan fingerprint density at radius 3 is 2.22 bits per heavy atom. The van der Waals surface area contributed by atoms with Crippen molar-refractivity contribution >= 4 is 22.9 Å². The lowest BCUT2D eigenvalue weighted by molar-refractivity contribution is 0.0964. The minimum Gasteiger partial charge on any atom is -0.387 e. The molecular weight excluding hydrogens is 304 g/mol. The lowest BCUT2D eigenvalue weighted by Gasteiger charge is -2.09. The summed E-state index contributed by atoms with van der Waals surface area (Å²) in [4.78, 5) is 14.4. The van der Waals surface area contributed by atoms with Gasteiger partial charge >= 0.3 is 0 Å². The standard InChI is InChI=1S/C19H18N2OS/c1-20-16-9-8-14(12-15(16)19(22)21-2)18-11-10-17(23-18)13-6-4-3-5-7-13/h3-12,20H,1-2H3,(H,21,22). The molecule has 1 heterocycles. The maximum absolute atomic E-state index is 12.1. The number of carbonyl (C=O) groups excluding carboxylic acids is 1. The lowest BCUT2D eigenvalue weighted by atomic mass is 10.1. The van der Waals surface area contributed by atoms with E-state index in [0.29, 0.717) is 5.56 Å². The summed E-state index contributed by atoms with van der Waals surface area (Å²) in [6.45, 7) is 0. The van der Waals surface area contributed by atoms with Gasteiger partial charge in [-0.1, -0.05) is 36.4 Å². The summed E-state index contributed by atoms with van der Waals surface area (Å²) in [5.74, 6) is -0.0870. The molecule has 0 unspecified atom stereocenters. The van der Waals surface area contributed by atoms with E-state index in [0.717, 1.165) is 16.1 Å². The van der Waals surface area contributed by atoms with Crippen LogP contribution in [0.25, 0.3) is 20.9 Å². The molecule has 0 spiro atoms. The zero-order valence-corrected chi connectivity index (χ0v) is 13.9. The van der Waals surface area contributed by atoms with Crippen LogP contribution in [0.4, 0.5) is 5.69 Å². The molecule has 4 heteroatoms. The highest BCUT2D eigenvalue weighted by Crippen LogP contribution is 2.35. The zero-order chi connectivity index (χ0) is 16.2. The van der Waals surface area contributed by atoms with Crippen LogP contribution in [0.1, 0.15) is 10.4 Å². The van der Waals surface area contributed by atoms with Gasteiger partial charge in [0.15, 0.2) is 0 Å². The van der Waals surface area contributed by atoms with Crippen molar-refractivity contribution in [2.24, 2.45) is 0 Å². The van der Waals surface area contributed by atoms with Crippen molar-refractivity contribution in [1.29, 1.82) is 0 Å². The average Bonchev–Trinajstić information content (AvgIpc) is 3.11. The van der Waals surface area contributed by atoms with Crippen LogP contribution >= 0.6 is 11.3 Å². The molecule has 23 heavy (non-hydrogen) atoms. The van der Waals surface area contributed by atoms with Gasteiger partial charge in [-0.05, 0) is 35.4 Å². The van der Waals surface area contributed by atoms with Crippen molar-refractivity contribution in [2.45, 2.75) is 0 Å². The molecule has 0 saturated carbocycles. The molecule has 116 valence electrons. The molecule has 0 atom stereocenters. The van der Waals surface area contributed by atoms with Crippen LogP contribution in [0.3, 0.4) is 0 Å². The van der Waals surface area contributed by atoms with Crippen LogP contribution in [0, 0.1) is 0 Å². The fourth-order valence-electron chi connectivity index (χ4n) is 2.49. The van der Waals surface area contributed by atoms with E-state index >= 15 is 0 Å². The molecule has 0 radical (unpaired) electrons. The van der Waals surface area contributed by atoms with Crippen LogP contribution < -0.4 is 10.6 Å². The highest BCUT2D eigenvalue weighted by atomic mass is 32.1. The second-order valence-electron chi connectivity index (χ2n) is 5.12. The molecule has 0 aliphatic heterocycles. The topological polar surface area (TPSA) is 41.1 Å². The molecule has 2 aromatic carbocycles. The third kappa shape index (κ3) is 3.12. The number of nitrogens with one attached hydrogen (secondary N) is 2. The second-order valence-corrected chi connectivity index (χ2v) is 6.20. The van der Waals surface area contributed by atoms with Gasteiger partial charge in [0.05, 0.1) is 5.56 Å². The third-order valence-corrected chi connectivity index (χ3v) is 4.89. The van der Waals surface area contributed by atoms with E-state index in [1.165, 1.54) is 10.4 Å². The maximum Gasteiger partial charge on any atom is 0.253 e. The number of anilines is 1. The minimum absolute atomic E-state index is 0.0870. The molecule has 2 N–H and O–H groups in total. The first kappa shape index (κ1) is 15.3. The summed E-state index contributed by atoms with van der Waals surface area (Å²) in [6.07, 6.45) is 0. The number of hydrogen-bond donors (Lipinski definition) is 2. The molecule has 3 nitrogen and oxygen atoms in total. The lowest BCUT2D eigenvalue weighted by Crippen LogP contribution is -2.19. The molecule has 0 aliphatic carbocycles. The number of benzene rings is 2. The SMILES string of the molecule is CNC(=O)c1cc(-c2ccc(-c3ccccc3)s2)ccc1NC. The molecular formula is C19H18N2OS. The summed E-state index contributed by atoms with van der Waals surface area (Å²) in [5.41, 5.74) is 3.74. The first-order chi connectivity index (χ1) is 11.2. The molecule has 0 fully saturated rings. The summed E-state index contributed by atoms with van der Waals surface area (Å²) in [7, 11) is 3.47. The molecule has 3 rings (SSSR count). The predicted molar refractivity (Wildman–Crippen MR) is 98.1 cm³/mol. The minimum atomic E-state index is -0.0870. The Kier molecular flexibility index (Phi) is 4.44. The Morgan fingerprint density at radius 2 is 1.57 bits per heavy atom. The van der Waals surface area contributed by atoms with Crippen LogP contribution in [0.5, 0.6) is 0 Å². The smallest absolute Gasteiger partial charge is 0.253 e. The van der Waals surface area contributed by atoms with Crippen LogP contribution in [0.2, 0.25) is 0 Å². The van der Waals surface area contributed by atoms with Gasteiger partial charge in [-0.2, -0.15) is 0 Å². The number of carbonyl (C=O) groups is 1. The Labute approximate surface area is 140 Å². The van der Waals surface area contributed by atoms with E-state index in [9.17, 15) is 4.79 Å². The van der Waals surface area contributed by atoms with Gasteiger partial charge in [-0.25, -0.2) is 0 Å². The van der Waals surface area contributed by atoms with Gasteiger partial charge in [0.2, 0.25) is 0 Å². The van der Waals surface area contributed by atoms with Crippen molar-refractivity contribution in [3.63, 3.8) is 0 Å². The largest absolute Gasteiger partial charge is 0.387 e. The van der Waals surface area contributed by atoms with E-state index in [-0.39, 0.29) is 5.91 Å². The van der Waals surface area contributed by atoms with E-state index in [4.69, 9.17) is 0 Å². The van der Waals surface area contributed by atoms with Crippen LogP contribution in [-0.2, 0) is 0 Å². The molecule has 0 aliphatic rings. The van der Waals surface area contributed by atoms with Gasteiger partial charge < -0.3 is 10.6 Å². The van der Waals surface area contributed by atoms with Gasteiger partial charge in [0.25, 0.3) is 5.91 Å². The average molecular weight is 322 g/mol.